The SMILES string of the molecule is CNCC(C)C(=O)N(C)Cc1nc2ccccc2s1.Cl.Cl. The molecule has 2 rings (SSSR count). The highest BCUT2D eigenvalue weighted by Gasteiger charge is 2.18. The number of para-hydroxylation sites is 1. The summed E-state index contributed by atoms with van der Waals surface area (Å²) in [6, 6.07) is 8.05. The van der Waals surface area contributed by atoms with Crippen molar-refractivity contribution < 1.29 is 4.79 Å². The standard InChI is InChI=1S/C14H19N3OS.2ClH/c1-10(8-15-2)14(18)17(3)9-13-16-11-6-4-5-7-12(11)19-13;;/h4-7,10,15H,8-9H2,1-3H3;2*1H. The van der Waals surface area contributed by atoms with Crippen molar-refractivity contribution in [2.45, 2.75) is 13.5 Å². The highest BCUT2D eigenvalue weighted by Crippen LogP contribution is 2.22. The number of carbonyl (C=O) groups excluding carboxylic acids is 1. The number of fused-ring (bicyclic) bond motifs is 1. The first kappa shape index (κ1) is 20.1. The van der Waals surface area contributed by atoms with E-state index in [1.54, 1.807) is 16.2 Å². The van der Waals surface area contributed by atoms with Gasteiger partial charge >= 0.3 is 0 Å². The third-order valence-corrected chi connectivity index (χ3v) is 4.04. The summed E-state index contributed by atoms with van der Waals surface area (Å²) >= 11 is 1.65. The third kappa shape index (κ3) is 5.11. The molecule has 0 aliphatic carbocycles. The lowest BCUT2D eigenvalue weighted by Crippen LogP contribution is -2.35. The van der Waals surface area contributed by atoms with E-state index in [4.69, 9.17) is 0 Å². The van der Waals surface area contributed by atoms with Crippen LogP contribution < -0.4 is 5.32 Å². The lowest BCUT2D eigenvalue weighted by atomic mass is 10.1. The van der Waals surface area contributed by atoms with Crippen molar-refractivity contribution in [1.82, 2.24) is 15.2 Å². The van der Waals surface area contributed by atoms with Crippen LogP contribution >= 0.6 is 36.2 Å². The molecule has 0 saturated heterocycles. The average Bonchev–Trinajstić information content (AvgIpc) is 2.80. The van der Waals surface area contributed by atoms with Gasteiger partial charge in [-0.15, -0.1) is 36.2 Å². The summed E-state index contributed by atoms with van der Waals surface area (Å²) < 4.78 is 1.17. The zero-order valence-electron chi connectivity index (χ0n) is 12.3. The predicted octanol–water partition coefficient (Wildman–Crippen LogP) is 2.95. The van der Waals surface area contributed by atoms with E-state index in [0.29, 0.717) is 13.1 Å². The van der Waals surface area contributed by atoms with Crippen LogP contribution in [0.3, 0.4) is 0 Å². The van der Waals surface area contributed by atoms with Gasteiger partial charge in [0.15, 0.2) is 0 Å². The van der Waals surface area contributed by atoms with Crippen molar-refractivity contribution in [1.29, 1.82) is 0 Å². The molecule has 118 valence electrons. The normalized spacial score (nSPS) is 11.4. The summed E-state index contributed by atoms with van der Waals surface area (Å²) in [7, 11) is 3.69. The van der Waals surface area contributed by atoms with Crippen LogP contribution in [0.25, 0.3) is 10.2 Å². The summed E-state index contributed by atoms with van der Waals surface area (Å²) in [5.74, 6) is 0.137. The van der Waals surface area contributed by atoms with Gasteiger partial charge in [0.1, 0.15) is 5.01 Å². The van der Waals surface area contributed by atoms with Gasteiger partial charge in [0.25, 0.3) is 0 Å². The number of hydrogen-bond donors (Lipinski definition) is 1. The summed E-state index contributed by atoms with van der Waals surface area (Å²) in [6.45, 7) is 3.21. The van der Waals surface area contributed by atoms with Gasteiger partial charge in [0.2, 0.25) is 5.91 Å². The Balaban J connectivity index is 0.00000200. The van der Waals surface area contributed by atoms with Gasteiger partial charge in [-0.1, -0.05) is 19.1 Å². The minimum Gasteiger partial charge on any atom is -0.339 e. The van der Waals surface area contributed by atoms with Crippen molar-refractivity contribution in [2.24, 2.45) is 5.92 Å². The zero-order valence-corrected chi connectivity index (χ0v) is 14.8. The van der Waals surface area contributed by atoms with Gasteiger partial charge in [0.05, 0.1) is 16.8 Å². The maximum atomic E-state index is 12.1. The third-order valence-electron chi connectivity index (χ3n) is 3.02. The quantitative estimate of drug-likeness (QED) is 0.902. The Bertz CT molecular complexity index is 543. The first-order chi connectivity index (χ1) is 9.11. The Morgan fingerprint density at radius 3 is 2.67 bits per heavy atom. The first-order valence-electron chi connectivity index (χ1n) is 6.36. The molecule has 1 atom stereocenters. The van der Waals surface area contributed by atoms with Crippen LogP contribution in [-0.2, 0) is 11.3 Å². The van der Waals surface area contributed by atoms with Gasteiger partial charge in [0, 0.05) is 19.5 Å². The molecule has 0 saturated carbocycles. The average molecular weight is 350 g/mol. The molecule has 1 aromatic heterocycles. The number of nitrogens with zero attached hydrogens (tertiary/aromatic N) is 2. The maximum absolute atomic E-state index is 12.1. The molecule has 1 heterocycles. The van der Waals surface area contributed by atoms with Crippen molar-refractivity contribution in [3.8, 4) is 0 Å². The number of carbonyl (C=O) groups is 1. The fourth-order valence-corrected chi connectivity index (χ4v) is 3.06. The second-order valence-corrected chi connectivity index (χ2v) is 5.84. The molecule has 0 bridgehead atoms. The number of aromatic nitrogens is 1. The van der Waals surface area contributed by atoms with E-state index in [9.17, 15) is 4.79 Å². The second-order valence-electron chi connectivity index (χ2n) is 4.73. The molecule has 21 heavy (non-hydrogen) atoms. The van der Waals surface area contributed by atoms with E-state index in [1.165, 1.54) is 4.70 Å². The molecule has 0 aliphatic rings. The molecular weight excluding hydrogens is 329 g/mol. The summed E-state index contributed by atoms with van der Waals surface area (Å²) in [4.78, 5) is 18.4. The molecule has 0 aliphatic heterocycles. The fourth-order valence-electron chi connectivity index (χ4n) is 2.04. The Morgan fingerprint density at radius 1 is 1.38 bits per heavy atom. The number of thiazole rings is 1. The van der Waals surface area contributed by atoms with Gasteiger partial charge in [-0.2, -0.15) is 0 Å². The lowest BCUT2D eigenvalue weighted by Gasteiger charge is -2.20. The van der Waals surface area contributed by atoms with Gasteiger partial charge in [-0.3, -0.25) is 4.79 Å². The van der Waals surface area contributed by atoms with Gasteiger partial charge in [-0.25, -0.2) is 4.98 Å². The number of hydrogen-bond acceptors (Lipinski definition) is 4. The molecule has 0 spiro atoms. The van der Waals surface area contributed by atoms with E-state index < -0.39 is 0 Å². The minimum atomic E-state index is -0.00983. The van der Waals surface area contributed by atoms with Crippen LogP contribution in [0.1, 0.15) is 11.9 Å². The molecule has 1 aromatic carbocycles. The van der Waals surface area contributed by atoms with Crippen LogP contribution in [0.4, 0.5) is 0 Å². The Kier molecular flexibility index (Phi) is 8.82. The lowest BCUT2D eigenvalue weighted by molar-refractivity contribution is -0.134. The van der Waals surface area contributed by atoms with Gasteiger partial charge in [-0.05, 0) is 19.2 Å². The molecule has 1 unspecified atom stereocenters. The summed E-state index contributed by atoms with van der Waals surface area (Å²) in [6.07, 6.45) is 0. The van der Waals surface area contributed by atoms with Crippen LogP contribution in [0.15, 0.2) is 24.3 Å². The Morgan fingerprint density at radius 2 is 2.05 bits per heavy atom. The van der Waals surface area contributed by atoms with Crippen LogP contribution in [-0.4, -0.2) is 36.4 Å². The molecule has 4 nitrogen and oxygen atoms in total. The smallest absolute Gasteiger partial charge is 0.226 e. The largest absolute Gasteiger partial charge is 0.339 e. The molecule has 2 aromatic rings. The van der Waals surface area contributed by atoms with E-state index in [2.05, 4.69) is 16.4 Å². The van der Waals surface area contributed by atoms with E-state index in [-0.39, 0.29) is 36.6 Å². The monoisotopic (exact) mass is 349 g/mol. The fraction of sp³-hybridized carbons (Fsp3) is 0.429. The number of amides is 1. The summed E-state index contributed by atoms with van der Waals surface area (Å²) in [5.41, 5.74) is 1.01. The number of benzene rings is 1. The Hall–Kier alpha value is -0.880. The maximum Gasteiger partial charge on any atom is 0.226 e. The number of halogens is 2. The molecule has 0 fully saturated rings. The van der Waals surface area contributed by atoms with Gasteiger partial charge < -0.3 is 10.2 Å². The van der Waals surface area contributed by atoms with Crippen molar-refractivity contribution in [2.75, 3.05) is 20.6 Å². The topological polar surface area (TPSA) is 45.2 Å². The number of rotatable bonds is 5. The zero-order chi connectivity index (χ0) is 13.8. The van der Waals surface area contributed by atoms with Crippen LogP contribution in [0.2, 0.25) is 0 Å². The highest BCUT2D eigenvalue weighted by molar-refractivity contribution is 7.18. The molecule has 0 radical (unpaired) electrons. The highest BCUT2D eigenvalue weighted by atomic mass is 35.5. The second kappa shape index (κ2) is 9.20. The molecule has 1 N–H and O–H groups in total. The van der Waals surface area contributed by atoms with Crippen LogP contribution in [0, 0.1) is 5.92 Å². The molecular formula is C14H21Cl2N3OS. The summed E-state index contributed by atoms with van der Waals surface area (Å²) in [5, 5.41) is 4.01. The van der Waals surface area contributed by atoms with Crippen molar-refractivity contribution in [3.05, 3.63) is 29.3 Å². The molecule has 1 amide bonds. The van der Waals surface area contributed by atoms with E-state index >= 15 is 0 Å². The molecule has 7 heteroatoms. The van der Waals surface area contributed by atoms with Crippen molar-refractivity contribution >= 4 is 52.3 Å². The first-order valence-corrected chi connectivity index (χ1v) is 7.17. The minimum absolute atomic E-state index is 0. The van der Waals surface area contributed by atoms with Crippen LogP contribution in [0.5, 0.6) is 0 Å². The van der Waals surface area contributed by atoms with E-state index in [0.717, 1.165) is 10.5 Å². The number of nitrogens with one attached hydrogen (secondary N) is 1. The predicted molar refractivity (Wildman–Crippen MR) is 93.7 cm³/mol. The van der Waals surface area contributed by atoms with E-state index in [1.807, 2.05) is 39.2 Å². The van der Waals surface area contributed by atoms with Crippen molar-refractivity contribution in [3.63, 3.8) is 0 Å². The Labute approximate surface area is 141 Å².